The van der Waals surface area contributed by atoms with Crippen LogP contribution in [-0.2, 0) is 18.7 Å². The van der Waals surface area contributed by atoms with Crippen molar-refractivity contribution in [3.8, 4) is 0 Å². The van der Waals surface area contributed by atoms with Gasteiger partial charge in [-0.15, -0.1) is 16.8 Å². The average Bonchev–Trinajstić information content (AvgIpc) is 3.14. The van der Waals surface area contributed by atoms with Crippen LogP contribution in [0.2, 0.25) is 0 Å². The van der Waals surface area contributed by atoms with Crippen molar-refractivity contribution in [2.45, 2.75) is 30.9 Å². The molecule has 0 amide bonds. The Hall–Kier alpha value is -3.47. The third-order valence-corrected chi connectivity index (χ3v) is 4.98. The maximum atomic E-state index is 12.6. The van der Waals surface area contributed by atoms with Crippen LogP contribution >= 0.6 is 11.8 Å². The molecular formula is C18H17N5O5S. The van der Waals surface area contributed by atoms with E-state index in [2.05, 4.69) is 21.8 Å². The van der Waals surface area contributed by atoms with Crippen molar-refractivity contribution >= 4 is 17.4 Å². The summed E-state index contributed by atoms with van der Waals surface area (Å²) < 4.78 is 6.64. The highest BCUT2D eigenvalue weighted by molar-refractivity contribution is 7.98. The molecule has 11 heteroatoms. The second-order valence-electron chi connectivity index (χ2n) is 6.09. The number of nitrogens with zero attached hydrogens (tertiary/aromatic N) is 4. The number of aryl methyl sites for hydroxylation is 1. The largest absolute Gasteiger partial charge is 0.416 e. The van der Waals surface area contributed by atoms with Crippen molar-refractivity contribution in [1.29, 1.82) is 0 Å². The number of hydrogen-bond donors (Lipinski definition) is 1. The highest BCUT2D eigenvalue weighted by atomic mass is 32.2. The molecule has 0 atom stereocenters. The fourth-order valence-corrected chi connectivity index (χ4v) is 3.34. The van der Waals surface area contributed by atoms with Crippen molar-refractivity contribution in [2.24, 2.45) is 0 Å². The summed E-state index contributed by atoms with van der Waals surface area (Å²) in [4.78, 5) is 37.3. The van der Waals surface area contributed by atoms with Gasteiger partial charge in [-0.3, -0.25) is 19.5 Å². The molecule has 2 aromatic heterocycles. The highest BCUT2D eigenvalue weighted by Crippen LogP contribution is 2.23. The van der Waals surface area contributed by atoms with E-state index < -0.39 is 16.2 Å². The molecule has 0 aliphatic heterocycles. The van der Waals surface area contributed by atoms with Crippen molar-refractivity contribution in [2.75, 3.05) is 0 Å². The minimum absolute atomic E-state index is 0.0252. The number of nitrogens with one attached hydrogen (secondary N) is 1. The molecular weight excluding hydrogens is 398 g/mol. The number of H-pyrrole nitrogens is 1. The number of nitro benzene ring substituents is 1. The molecule has 150 valence electrons. The van der Waals surface area contributed by atoms with Crippen LogP contribution in [0.15, 0.2) is 56.1 Å². The van der Waals surface area contributed by atoms with E-state index in [9.17, 15) is 19.7 Å². The van der Waals surface area contributed by atoms with Crippen LogP contribution in [0.5, 0.6) is 0 Å². The standard InChI is InChI=1S/C18H17N5O5S/c1-3-8-22-16(24)14(11(2)19-17(22)25)9-15-20-21-18(28-15)29-10-12-4-6-13(7-5-12)23(26)27/h3-7H,1,8-10H2,2H3,(H,19,25). The van der Waals surface area contributed by atoms with E-state index >= 15 is 0 Å². The second kappa shape index (κ2) is 8.69. The molecule has 0 aliphatic carbocycles. The first kappa shape index (κ1) is 20.3. The predicted molar refractivity (Wildman–Crippen MR) is 106 cm³/mol. The van der Waals surface area contributed by atoms with Gasteiger partial charge in [0.25, 0.3) is 16.5 Å². The molecule has 3 aromatic rings. The number of allylic oxidation sites excluding steroid dienone is 1. The molecule has 2 heterocycles. The second-order valence-corrected chi connectivity index (χ2v) is 7.02. The Morgan fingerprint density at radius 3 is 2.69 bits per heavy atom. The number of aromatic amines is 1. The summed E-state index contributed by atoms with van der Waals surface area (Å²) in [6.45, 7) is 5.28. The zero-order valence-electron chi connectivity index (χ0n) is 15.5. The molecule has 0 aliphatic rings. The Balaban J connectivity index is 1.71. The molecule has 0 fully saturated rings. The van der Waals surface area contributed by atoms with Crippen LogP contribution in [0.4, 0.5) is 5.69 Å². The quantitative estimate of drug-likeness (QED) is 0.256. The zero-order valence-corrected chi connectivity index (χ0v) is 16.3. The maximum absolute atomic E-state index is 12.6. The lowest BCUT2D eigenvalue weighted by Gasteiger charge is -2.06. The average molecular weight is 415 g/mol. The summed E-state index contributed by atoms with van der Waals surface area (Å²) in [5.41, 5.74) is 0.771. The normalized spacial score (nSPS) is 10.8. The van der Waals surface area contributed by atoms with Gasteiger partial charge in [0, 0.05) is 35.7 Å². The third-order valence-electron chi connectivity index (χ3n) is 4.09. The summed E-state index contributed by atoms with van der Waals surface area (Å²) in [5.74, 6) is 0.734. The van der Waals surface area contributed by atoms with E-state index in [1.165, 1.54) is 30.0 Å². The number of hydrogen-bond acceptors (Lipinski definition) is 8. The van der Waals surface area contributed by atoms with Gasteiger partial charge in [-0.05, 0) is 12.5 Å². The predicted octanol–water partition coefficient (Wildman–Crippen LogP) is 2.21. The van der Waals surface area contributed by atoms with Crippen LogP contribution < -0.4 is 11.2 Å². The topological polar surface area (TPSA) is 137 Å². The van der Waals surface area contributed by atoms with Crippen molar-refractivity contribution in [3.05, 3.63) is 90.6 Å². The van der Waals surface area contributed by atoms with Gasteiger partial charge >= 0.3 is 5.69 Å². The van der Waals surface area contributed by atoms with Gasteiger partial charge in [0.2, 0.25) is 5.89 Å². The maximum Gasteiger partial charge on any atom is 0.328 e. The lowest BCUT2D eigenvalue weighted by atomic mass is 10.1. The van der Waals surface area contributed by atoms with Crippen LogP contribution in [0.1, 0.15) is 22.7 Å². The first-order valence-electron chi connectivity index (χ1n) is 8.51. The van der Waals surface area contributed by atoms with Gasteiger partial charge in [0.1, 0.15) is 0 Å². The molecule has 29 heavy (non-hydrogen) atoms. The monoisotopic (exact) mass is 415 g/mol. The van der Waals surface area contributed by atoms with Crippen molar-refractivity contribution in [3.63, 3.8) is 0 Å². The Morgan fingerprint density at radius 2 is 2.03 bits per heavy atom. The summed E-state index contributed by atoms with van der Waals surface area (Å²) in [7, 11) is 0. The third kappa shape index (κ3) is 4.69. The summed E-state index contributed by atoms with van der Waals surface area (Å²) >= 11 is 1.28. The Kier molecular flexibility index (Phi) is 6.07. The van der Waals surface area contributed by atoms with Crippen molar-refractivity contribution < 1.29 is 9.34 Å². The van der Waals surface area contributed by atoms with Gasteiger partial charge < -0.3 is 9.40 Å². The van der Waals surface area contributed by atoms with Gasteiger partial charge in [0.05, 0.1) is 11.3 Å². The molecule has 10 nitrogen and oxygen atoms in total. The van der Waals surface area contributed by atoms with E-state index in [4.69, 9.17) is 4.42 Å². The number of non-ortho nitro benzene ring substituents is 1. The smallest absolute Gasteiger partial charge is 0.328 e. The molecule has 0 unspecified atom stereocenters. The number of aromatic nitrogens is 4. The Bertz CT molecular complexity index is 1160. The van der Waals surface area contributed by atoms with Crippen LogP contribution in [0.3, 0.4) is 0 Å². The fourth-order valence-electron chi connectivity index (χ4n) is 2.60. The van der Waals surface area contributed by atoms with Crippen LogP contribution in [0, 0.1) is 17.0 Å². The summed E-state index contributed by atoms with van der Waals surface area (Å²) in [5, 5.41) is 18.9. The van der Waals surface area contributed by atoms with Gasteiger partial charge in [-0.1, -0.05) is 30.0 Å². The zero-order chi connectivity index (χ0) is 21.0. The molecule has 0 saturated carbocycles. The molecule has 1 aromatic carbocycles. The van der Waals surface area contributed by atoms with E-state index in [0.29, 0.717) is 22.2 Å². The highest BCUT2D eigenvalue weighted by Gasteiger charge is 2.15. The SMILES string of the molecule is C=CCn1c(=O)[nH]c(C)c(Cc2nnc(SCc3ccc([N+](=O)[O-])cc3)o2)c1=O. The van der Waals surface area contributed by atoms with Crippen molar-refractivity contribution in [1.82, 2.24) is 19.7 Å². The van der Waals surface area contributed by atoms with E-state index in [1.807, 2.05) is 0 Å². The minimum Gasteiger partial charge on any atom is -0.416 e. The lowest BCUT2D eigenvalue weighted by Crippen LogP contribution is -2.37. The summed E-state index contributed by atoms with van der Waals surface area (Å²) in [6, 6.07) is 6.19. The Morgan fingerprint density at radius 1 is 1.31 bits per heavy atom. The molecule has 0 spiro atoms. The molecule has 3 rings (SSSR count). The lowest BCUT2D eigenvalue weighted by molar-refractivity contribution is -0.384. The number of nitro groups is 1. The number of rotatable bonds is 8. The number of benzene rings is 1. The van der Waals surface area contributed by atoms with Gasteiger partial charge in [-0.2, -0.15) is 0 Å². The first-order chi connectivity index (χ1) is 13.9. The van der Waals surface area contributed by atoms with E-state index in [0.717, 1.165) is 10.1 Å². The molecule has 0 radical (unpaired) electrons. The van der Waals surface area contributed by atoms with Gasteiger partial charge in [-0.25, -0.2) is 4.79 Å². The van der Waals surface area contributed by atoms with E-state index in [-0.39, 0.29) is 24.5 Å². The number of thioether (sulfide) groups is 1. The Labute approximate surface area is 168 Å². The molecule has 0 saturated heterocycles. The first-order valence-corrected chi connectivity index (χ1v) is 9.49. The molecule has 0 bridgehead atoms. The minimum atomic E-state index is -0.499. The molecule has 1 N–H and O–H groups in total. The fraction of sp³-hybridized carbons (Fsp3) is 0.222. The van der Waals surface area contributed by atoms with Gasteiger partial charge in [0.15, 0.2) is 0 Å². The summed E-state index contributed by atoms with van der Waals surface area (Å²) in [6.07, 6.45) is 1.55. The van der Waals surface area contributed by atoms with Crippen LogP contribution in [-0.4, -0.2) is 24.7 Å². The van der Waals surface area contributed by atoms with E-state index in [1.54, 1.807) is 19.1 Å². The van der Waals surface area contributed by atoms with Crippen LogP contribution in [0.25, 0.3) is 0 Å².